The van der Waals surface area contributed by atoms with E-state index in [9.17, 15) is 10.1 Å². The summed E-state index contributed by atoms with van der Waals surface area (Å²) in [5.41, 5.74) is 1.87. The monoisotopic (exact) mass is 321 g/mol. The molecule has 0 aromatic carbocycles. The van der Waals surface area contributed by atoms with E-state index in [4.69, 9.17) is 0 Å². The zero-order valence-corrected chi connectivity index (χ0v) is 13.5. The zero-order chi connectivity index (χ0) is 14.7. The average molecular weight is 321 g/mol. The van der Waals surface area contributed by atoms with E-state index in [2.05, 4.69) is 16.7 Å². The summed E-state index contributed by atoms with van der Waals surface area (Å²) in [4.78, 5) is 13.4. The third-order valence-corrected chi connectivity index (χ3v) is 6.60. The third kappa shape index (κ3) is 3.42. The molecule has 1 amide bonds. The maximum Gasteiger partial charge on any atom is 0.235 e. The lowest BCUT2D eigenvalue weighted by Crippen LogP contribution is -2.30. The van der Waals surface area contributed by atoms with Crippen LogP contribution in [0.3, 0.4) is 0 Å². The van der Waals surface area contributed by atoms with Gasteiger partial charge in [-0.25, -0.2) is 0 Å². The lowest BCUT2D eigenvalue weighted by atomic mass is 10.1. The topological polar surface area (TPSA) is 64.9 Å². The Balaban J connectivity index is 1.56. The molecule has 1 saturated heterocycles. The summed E-state index contributed by atoms with van der Waals surface area (Å²) < 4.78 is 0. The van der Waals surface area contributed by atoms with Crippen molar-refractivity contribution >= 4 is 34.0 Å². The van der Waals surface area contributed by atoms with Gasteiger partial charge in [0.2, 0.25) is 5.91 Å². The van der Waals surface area contributed by atoms with Crippen molar-refractivity contribution in [1.82, 2.24) is 5.32 Å². The van der Waals surface area contributed by atoms with Crippen LogP contribution in [0.15, 0.2) is 0 Å². The number of piperidine rings is 1. The first-order chi connectivity index (χ1) is 10.3. The number of nitrogens with zero attached hydrogens (tertiary/aromatic N) is 1. The van der Waals surface area contributed by atoms with E-state index in [1.165, 1.54) is 10.4 Å². The maximum absolute atomic E-state index is 12.1. The SMILES string of the molecule is N#Cc1c(NC(=O)CSC2CCNCC2)sc2c1CCC2. The van der Waals surface area contributed by atoms with Gasteiger partial charge < -0.3 is 10.6 Å². The molecule has 0 saturated carbocycles. The number of fused-ring (bicyclic) bond motifs is 1. The Morgan fingerprint density at radius 3 is 3.00 bits per heavy atom. The molecule has 6 heteroatoms. The van der Waals surface area contributed by atoms with Crippen LogP contribution in [0.2, 0.25) is 0 Å². The number of carbonyl (C=O) groups excluding carboxylic acids is 1. The molecule has 2 heterocycles. The van der Waals surface area contributed by atoms with Gasteiger partial charge in [-0.1, -0.05) is 0 Å². The van der Waals surface area contributed by atoms with Gasteiger partial charge in [-0.05, 0) is 50.8 Å². The molecule has 0 unspecified atom stereocenters. The predicted molar refractivity (Wildman–Crippen MR) is 88.0 cm³/mol. The molecule has 4 nitrogen and oxygen atoms in total. The van der Waals surface area contributed by atoms with Crippen LogP contribution in [0.5, 0.6) is 0 Å². The first-order valence-electron chi connectivity index (χ1n) is 7.44. The molecule has 1 aromatic rings. The molecule has 112 valence electrons. The Kier molecular flexibility index (Phi) is 4.84. The zero-order valence-electron chi connectivity index (χ0n) is 11.9. The van der Waals surface area contributed by atoms with E-state index in [-0.39, 0.29) is 5.91 Å². The Hall–Kier alpha value is -1.03. The highest BCUT2D eigenvalue weighted by molar-refractivity contribution is 8.00. The molecule has 3 rings (SSSR count). The van der Waals surface area contributed by atoms with E-state index in [1.54, 1.807) is 23.1 Å². The van der Waals surface area contributed by atoms with E-state index < -0.39 is 0 Å². The molecule has 1 fully saturated rings. The predicted octanol–water partition coefficient (Wildman–Crippen LogP) is 2.53. The first kappa shape index (κ1) is 14.9. The molecule has 0 bridgehead atoms. The van der Waals surface area contributed by atoms with Gasteiger partial charge in [0.05, 0.1) is 11.3 Å². The second-order valence-corrected chi connectivity index (χ2v) is 7.88. The molecule has 0 spiro atoms. The van der Waals surface area contributed by atoms with Gasteiger partial charge in [0.1, 0.15) is 11.1 Å². The molecule has 0 atom stereocenters. The van der Waals surface area contributed by atoms with Crippen molar-refractivity contribution in [3.05, 3.63) is 16.0 Å². The Bertz CT molecular complexity index is 570. The van der Waals surface area contributed by atoms with Crippen molar-refractivity contribution < 1.29 is 4.79 Å². The molecule has 1 aromatic heterocycles. The summed E-state index contributed by atoms with van der Waals surface area (Å²) in [7, 11) is 0. The highest BCUT2D eigenvalue weighted by Crippen LogP contribution is 2.38. The van der Waals surface area contributed by atoms with Crippen LogP contribution in [-0.2, 0) is 17.6 Å². The Morgan fingerprint density at radius 2 is 2.24 bits per heavy atom. The number of carbonyl (C=O) groups is 1. The number of amides is 1. The fraction of sp³-hybridized carbons (Fsp3) is 0.600. The number of thioether (sulfide) groups is 1. The molecule has 21 heavy (non-hydrogen) atoms. The van der Waals surface area contributed by atoms with Crippen LogP contribution in [0.25, 0.3) is 0 Å². The maximum atomic E-state index is 12.1. The normalized spacial score (nSPS) is 18.2. The van der Waals surface area contributed by atoms with Crippen LogP contribution in [0.4, 0.5) is 5.00 Å². The van der Waals surface area contributed by atoms with Gasteiger partial charge >= 0.3 is 0 Å². The van der Waals surface area contributed by atoms with Crippen molar-refractivity contribution in [2.75, 3.05) is 24.2 Å². The molecule has 0 radical (unpaired) electrons. The summed E-state index contributed by atoms with van der Waals surface area (Å²) >= 11 is 3.33. The van der Waals surface area contributed by atoms with Crippen molar-refractivity contribution in [3.8, 4) is 6.07 Å². The number of hydrogen-bond acceptors (Lipinski definition) is 5. The number of hydrogen-bond donors (Lipinski definition) is 2. The minimum absolute atomic E-state index is 0.0231. The van der Waals surface area contributed by atoms with E-state index >= 15 is 0 Å². The summed E-state index contributed by atoms with van der Waals surface area (Å²) in [6.45, 7) is 2.10. The molecular formula is C15H19N3OS2. The number of rotatable bonds is 4. The summed E-state index contributed by atoms with van der Waals surface area (Å²) in [6, 6.07) is 2.27. The molecular weight excluding hydrogens is 302 g/mol. The highest BCUT2D eigenvalue weighted by atomic mass is 32.2. The van der Waals surface area contributed by atoms with E-state index in [0.717, 1.165) is 50.2 Å². The largest absolute Gasteiger partial charge is 0.317 e. The second-order valence-electron chi connectivity index (χ2n) is 5.48. The van der Waals surface area contributed by atoms with Crippen molar-refractivity contribution in [3.63, 3.8) is 0 Å². The number of aryl methyl sites for hydroxylation is 1. The minimum Gasteiger partial charge on any atom is -0.317 e. The average Bonchev–Trinajstić information content (AvgIpc) is 3.06. The molecule has 1 aliphatic carbocycles. The highest BCUT2D eigenvalue weighted by Gasteiger charge is 2.23. The van der Waals surface area contributed by atoms with Gasteiger partial charge in [0.25, 0.3) is 0 Å². The summed E-state index contributed by atoms with van der Waals surface area (Å²) in [5.74, 6) is 0.507. The number of nitriles is 1. The van der Waals surface area contributed by atoms with Crippen molar-refractivity contribution in [2.45, 2.75) is 37.4 Å². The van der Waals surface area contributed by atoms with Gasteiger partial charge in [-0.3, -0.25) is 4.79 Å². The lowest BCUT2D eigenvalue weighted by molar-refractivity contribution is -0.113. The van der Waals surface area contributed by atoms with E-state index in [0.29, 0.717) is 16.6 Å². The minimum atomic E-state index is 0.0231. The summed E-state index contributed by atoms with van der Waals surface area (Å²) in [5, 5.41) is 16.9. The molecule has 1 aliphatic heterocycles. The standard InChI is InChI=1S/C15H19N3OS2/c16-8-12-11-2-1-3-13(11)21-15(12)18-14(19)9-20-10-4-6-17-7-5-10/h10,17H,1-7,9H2,(H,18,19). The first-order valence-corrected chi connectivity index (χ1v) is 9.31. The third-order valence-electron chi connectivity index (χ3n) is 4.02. The van der Waals surface area contributed by atoms with Gasteiger partial charge in [0.15, 0.2) is 0 Å². The van der Waals surface area contributed by atoms with Crippen molar-refractivity contribution in [1.29, 1.82) is 5.26 Å². The van der Waals surface area contributed by atoms with Crippen LogP contribution >= 0.6 is 23.1 Å². The fourth-order valence-corrected chi connectivity index (χ4v) is 5.21. The smallest absolute Gasteiger partial charge is 0.235 e. The lowest BCUT2D eigenvalue weighted by Gasteiger charge is -2.21. The number of thiophene rings is 1. The molecule has 2 N–H and O–H groups in total. The molecule has 2 aliphatic rings. The Labute approximate surface area is 133 Å². The van der Waals surface area contributed by atoms with Crippen molar-refractivity contribution in [2.24, 2.45) is 0 Å². The van der Waals surface area contributed by atoms with Crippen LogP contribution in [0.1, 0.15) is 35.3 Å². The van der Waals surface area contributed by atoms with Gasteiger partial charge in [-0.15, -0.1) is 23.1 Å². The quantitative estimate of drug-likeness (QED) is 0.894. The van der Waals surface area contributed by atoms with Crippen LogP contribution in [0, 0.1) is 11.3 Å². The van der Waals surface area contributed by atoms with E-state index in [1.807, 2.05) is 0 Å². The van der Waals surface area contributed by atoms with Crippen LogP contribution in [-0.4, -0.2) is 30.0 Å². The summed E-state index contributed by atoms with van der Waals surface area (Å²) in [6.07, 6.45) is 5.43. The van der Waals surface area contributed by atoms with Crippen LogP contribution < -0.4 is 10.6 Å². The van der Waals surface area contributed by atoms with Gasteiger partial charge in [-0.2, -0.15) is 5.26 Å². The number of anilines is 1. The second kappa shape index (κ2) is 6.82. The fourth-order valence-electron chi connectivity index (χ4n) is 2.93. The van der Waals surface area contributed by atoms with Gasteiger partial charge in [0, 0.05) is 10.1 Å². The Morgan fingerprint density at radius 1 is 1.43 bits per heavy atom. The number of nitrogens with one attached hydrogen (secondary N) is 2.